The van der Waals surface area contributed by atoms with Gasteiger partial charge < -0.3 is 8.83 Å². The third-order valence-corrected chi connectivity index (χ3v) is 10.4. The van der Waals surface area contributed by atoms with Crippen LogP contribution < -0.4 is 0 Å². The Labute approximate surface area is 312 Å². The van der Waals surface area contributed by atoms with Gasteiger partial charge in [0.1, 0.15) is 22.3 Å². The van der Waals surface area contributed by atoms with E-state index in [4.69, 9.17) is 8.83 Å². The number of furan rings is 2. The van der Waals surface area contributed by atoms with E-state index in [1.165, 1.54) is 27.3 Å². The number of para-hydroxylation sites is 1. The average molecular weight is 691 g/mol. The second-order valence-electron chi connectivity index (χ2n) is 13.7. The van der Waals surface area contributed by atoms with Crippen LogP contribution in [-0.4, -0.2) is 0 Å². The lowest BCUT2D eigenvalue weighted by Crippen LogP contribution is -1.84. The Morgan fingerprint density at radius 1 is 0.426 bits per heavy atom. The van der Waals surface area contributed by atoms with Gasteiger partial charge in [0, 0.05) is 21.5 Å². The molecule has 10 aromatic rings. The van der Waals surface area contributed by atoms with Crippen LogP contribution in [-0.2, 0) is 0 Å². The molecule has 0 fully saturated rings. The van der Waals surface area contributed by atoms with E-state index in [2.05, 4.69) is 189 Å². The number of fused-ring (bicyclic) bond motifs is 10. The van der Waals surface area contributed by atoms with Crippen molar-refractivity contribution in [1.29, 1.82) is 0 Å². The SMILES string of the molecule is C=C(/C=C\C=C\c1ccc2oc3ccc4cc5oc6ccccc6c5cc4c3c2c1)c1ccccccc(-c2ccc3ccccc3c2)c2ccccc12. The monoisotopic (exact) mass is 690 g/mol. The van der Waals surface area contributed by atoms with Gasteiger partial charge in [-0.1, -0.05) is 158 Å². The molecule has 254 valence electrons. The summed E-state index contributed by atoms with van der Waals surface area (Å²) in [7, 11) is 0. The van der Waals surface area contributed by atoms with E-state index in [9.17, 15) is 0 Å². The van der Waals surface area contributed by atoms with Crippen LogP contribution in [0.4, 0.5) is 0 Å². The van der Waals surface area contributed by atoms with Crippen molar-refractivity contribution in [2.75, 3.05) is 0 Å². The summed E-state index contributed by atoms with van der Waals surface area (Å²) in [6, 6.07) is 59.7. The molecule has 2 nitrogen and oxygen atoms in total. The highest BCUT2D eigenvalue weighted by Crippen LogP contribution is 2.39. The maximum atomic E-state index is 6.35. The largest absolute Gasteiger partial charge is 0.456 e. The summed E-state index contributed by atoms with van der Waals surface area (Å²) in [5.74, 6) is 0. The van der Waals surface area contributed by atoms with Crippen LogP contribution in [0.25, 0.3) is 99.0 Å². The summed E-state index contributed by atoms with van der Waals surface area (Å²) in [6.45, 7) is 4.54. The normalized spacial score (nSPS) is 12.0. The first kappa shape index (κ1) is 31.6. The molecule has 0 amide bonds. The maximum absolute atomic E-state index is 6.35. The first-order valence-electron chi connectivity index (χ1n) is 18.3. The minimum Gasteiger partial charge on any atom is -0.456 e. The van der Waals surface area contributed by atoms with Gasteiger partial charge in [0.05, 0.1) is 0 Å². The van der Waals surface area contributed by atoms with E-state index >= 15 is 0 Å². The van der Waals surface area contributed by atoms with Gasteiger partial charge in [-0.15, -0.1) is 0 Å². The molecule has 10 rings (SSSR count). The predicted molar refractivity (Wildman–Crippen MR) is 230 cm³/mol. The van der Waals surface area contributed by atoms with Crippen molar-refractivity contribution in [1.82, 2.24) is 0 Å². The summed E-state index contributed by atoms with van der Waals surface area (Å²) in [5, 5.41) is 11.5. The van der Waals surface area contributed by atoms with Gasteiger partial charge in [-0.25, -0.2) is 0 Å². The average Bonchev–Trinajstić information content (AvgIpc) is 3.77. The minimum absolute atomic E-state index is 0.873. The molecule has 8 aromatic carbocycles. The topological polar surface area (TPSA) is 26.3 Å². The van der Waals surface area contributed by atoms with Gasteiger partial charge in [-0.3, -0.25) is 0 Å². The Balaban J connectivity index is 1.01. The van der Waals surface area contributed by atoms with Crippen molar-refractivity contribution in [2.24, 2.45) is 0 Å². The summed E-state index contributed by atoms with van der Waals surface area (Å²) in [6.07, 6.45) is 8.38. The highest BCUT2D eigenvalue weighted by Gasteiger charge is 2.14. The molecule has 0 saturated carbocycles. The second-order valence-corrected chi connectivity index (χ2v) is 13.7. The van der Waals surface area contributed by atoms with E-state index < -0.39 is 0 Å². The third-order valence-electron chi connectivity index (χ3n) is 10.4. The van der Waals surface area contributed by atoms with Crippen LogP contribution >= 0.6 is 0 Å². The lowest BCUT2D eigenvalue weighted by Gasteiger charge is -2.10. The quantitative estimate of drug-likeness (QED) is 0.168. The third kappa shape index (κ3) is 5.53. The Morgan fingerprint density at radius 2 is 1.13 bits per heavy atom. The van der Waals surface area contributed by atoms with Gasteiger partial charge in [0.25, 0.3) is 0 Å². The lowest BCUT2D eigenvalue weighted by atomic mass is 9.94. The molecule has 0 aliphatic heterocycles. The summed E-state index contributed by atoms with van der Waals surface area (Å²) in [4.78, 5) is 0. The summed E-state index contributed by atoms with van der Waals surface area (Å²) < 4.78 is 12.5. The molecule has 0 aliphatic carbocycles. The zero-order valence-corrected chi connectivity index (χ0v) is 29.5. The first-order valence-corrected chi connectivity index (χ1v) is 18.3. The molecule has 0 saturated heterocycles. The van der Waals surface area contributed by atoms with E-state index in [0.717, 1.165) is 76.7 Å². The lowest BCUT2D eigenvalue weighted by molar-refractivity contribution is 0.668. The summed E-state index contributed by atoms with van der Waals surface area (Å²) in [5.41, 5.74) is 8.99. The van der Waals surface area contributed by atoms with Gasteiger partial charge in [0.15, 0.2) is 0 Å². The second kappa shape index (κ2) is 13.1. The number of benzene rings is 7. The molecule has 0 radical (unpaired) electrons. The number of hydrogen-bond acceptors (Lipinski definition) is 2. The van der Waals surface area contributed by atoms with Gasteiger partial charge in [0.2, 0.25) is 0 Å². The molecule has 2 heterocycles. The minimum atomic E-state index is 0.873. The number of rotatable bonds is 5. The van der Waals surface area contributed by atoms with Crippen molar-refractivity contribution >= 4 is 87.8 Å². The smallest absolute Gasteiger partial charge is 0.136 e. The highest BCUT2D eigenvalue weighted by molar-refractivity contribution is 6.22. The van der Waals surface area contributed by atoms with E-state index in [1.807, 2.05) is 12.1 Å². The highest BCUT2D eigenvalue weighted by atomic mass is 16.3. The standard InChI is InChI=1S/C52H34O2/c1-34(40-18-4-2-3-5-19-41(43-21-11-10-20-42(40)43)38-26-25-36-16-8-9-17-37(36)31-38)14-6-7-15-35-24-28-49-47(30-35)52-45-33-46-44-22-12-13-23-48(44)54-51(46)32-39(45)27-29-50(52)53-49/h2-33H,1H2/b3-2?,4-2?,5-3?,14-6-,15-7+,18-4?,19-5?,40-18?,41-19?,42-40?,43-41?. The van der Waals surface area contributed by atoms with Crippen LogP contribution in [0.15, 0.2) is 203 Å². The van der Waals surface area contributed by atoms with Crippen molar-refractivity contribution in [3.8, 4) is 11.1 Å². The summed E-state index contributed by atoms with van der Waals surface area (Å²) >= 11 is 0. The van der Waals surface area contributed by atoms with Crippen LogP contribution in [0.5, 0.6) is 0 Å². The van der Waals surface area contributed by atoms with Gasteiger partial charge in [-0.2, -0.15) is 0 Å². The Hall–Kier alpha value is -7.16. The fraction of sp³-hybridized carbons (Fsp3) is 0. The van der Waals surface area contributed by atoms with E-state index in [0.29, 0.717) is 0 Å². The Kier molecular flexibility index (Phi) is 7.66. The fourth-order valence-corrected chi connectivity index (χ4v) is 7.82. The molecule has 0 bridgehead atoms. The van der Waals surface area contributed by atoms with Crippen molar-refractivity contribution < 1.29 is 8.83 Å². The van der Waals surface area contributed by atoms with Crippen molar-refractivity contribution in [3.05, 3.63) is 206 Å². The number of allylic oxidation sites excluding steroid dienone is 4. The van der Waals surface area contributed by atoms with Crippen molar-refractivity contribution in [3.63, 3.8) is 0 Å². The van der Waals surface area contributed by atoms with Crippen LogP contribution in [0, 0.1) is 0 Å². The van der Waals surface area contributed by atoms with Crippen LogP contribution in [0.3, 0.4) is 0 Å². The van der Waals surface area contributed by atoms with Gasteiger partial charge in [-0.05, 0) is 103 Å². The van der Waals surface area contributed by atoms with Crippen molar-refractivity contribution in [2.45, 2.75) is 0 Å². The predicted octanol–water partition coefficient (Wildman–Crippen LogP) is 15.0. The Bertz CT molecular complexity index is 3240. The molecule has 0 atom stereocenters. The maximum Gasteiger partial charge on any atom is 0.136 e. The number of hydrogen-bond donors (Lipinski definition) is 0. The van der Waals surface area contributed by atoms with Crippen LogP contribution in [0.2, 0.25) is 0 Å². The zero-order valence-electron chi connectivity index (χ0n) is 29.5. The molecule has 2 aromatic heterocycles. The van der Waals surface area contributed by atoms with Gasteiger partial charge >= 0.3 is 0 Å². The molecule has 54 heavy (non-hydrogen) atoms. The molecule has 0 N–H and O–H groups in total. The molecule has 0 spiro atoms. The molecular weight excluding hydrogens is 657 g/mol. The Morgan fingerprint density at radius 3 is 2.04 bits per heavy atom. The zero-order chi connectivity index (χ0) is 36.0. The van der Waals surface area contributed by atoms with E-state index in [-0.39, 0.29) is 0 Å². The molecule has 0 aliphatic rings. The van der Waals surface area contributed by atoms with E-state index in [1.54, 1.807) is 0 Å². The molecule has 0 unspecified atom stereocenters. The molecular formula is C52H34O2. The fourth-order valence-electron chi connectivity index (χ4n) is 7.82. The van der Waals surface area contributed by atoms with Crippen LogP contribution in [0.1, 0.15) is 11.1 Å². The molecule has 2 heteroatoms. The first-order chi connectivity index (χ1) is 26.7.